The summed E-state index contributed by atoms with van der Waals surface area (Å²) in [4.78, 5) is 25.4. The monoisotopic (exact) mass is 471 g/mol. The Hall–Kier alpha value is -2.43. The molecule has 0 saturated carbocycles. The zero-order valence-corrected chi connectivity index (χ0v) is 18.6. The molecule has 2 N–H and O–H groups in total. The first-order chi connectivity index (χ1) is 15.1. The van der Waals surface area contributed by atoms with Crippen molar-refractivity contribution in [2.45, 2.75) is 38.1 Å². The number of hydrogen-bond acceptors (Lipinski definition) is 6. The number of nitrogens with zero attached hydrogens (tertiary/aromatic N) is 1. The van der Waals surface area contributed by atoms with Crippen molar-refractivity contribution < 1.29 is 31.5 Å². The second kappa shape index (κ2) is 8.49. The van der Waals surface area contributed by atoms with Crippen LogP contribution in [0.5, 0.6) is 0 Å². The molecule has 0 radical (unpaired) electrons. The van der Waals surface area contributed by atoms with E-state index in [4.69, 9.17) is 4.74 Å². The van der Waals surface area contributed by atoms with E-state index in [1.54, 1.807) is 11.8 Å². The molecule has 2 amide bonds. The van der Waals surface area contributed by atoms with Crippen LogP contribution in [-0.2, 0) is 19.4 Å². The van der Waals surface area contributed by atoms with Crippen molar-refractivity contribution in [3.63, 3.8) is 0 Å². The third-order valence-electron chi connectivity index (χ3n) is 6.59. The Balaban J connectivity index is 1.41. The number of carbonyl (C=O) groups is 2. The molecule has 3 aliphatic heterocycles. The highest BCUT2D eigenvalue weighted by molar-refractivity contribution is 7.92. The number of ether oxygens (including phenoxy) is 1. The number of nitrogens with one attached hydrogen (secondary N) is 2. The average molecular weight is 472 g/mol. The number of halogens is 2. The van der Waals surface area contributed by atoms with Gasteiger partial charge < -0.3 is 20.3 Å². The minimum atomic E-state index is -2.96. The minimum Gasteiger partial charge on any atom is -0.450 e. The SMILES string of the molecule is CCOC(=O)NCC1C[C@@H](c2cc(F)c(N3CCC4(CC3)CS(=O)(=O)C4)c(F)c2)C(=O)N1. The van der Waals surface area contributed by atoms with Crippen LogP contribution in [0.25, 0.3) is 0 Å². The van der Waals surface area contributed by atoms with E-state index >= 15 is 0 Å². The Morgan fingerprint density at radius 3 is 2.44 bits per heavy atom. The maximum absolute atomic E-state index is 14.9. The van der Waals surface area contributed by atoms with Gasteiger partial charge in [-0.2, -0.15) is 0 Å². The first-order valence-corrected chi connectivity index (χ1v) is 12.6. The molecule has 1 aromatic carbocycles. The molecule has 0 bridgehead atoms. The lowest BCUT2D eigenvalue weighted by atomic mass is 9.81. The molecule has 3 saturated heterocycles. The molecule has 32 heavy (non-hydrogen) atoms. The first kappa shape index (κ1) is 22.8. The van der Waals surface area contributed by atoms with Crippen LogP contribution in [0.2, 0.25) is 0 Å². The van der Waals surface area contributed by atoms with E-state index < -0.39 is 33.5 Å². The van der Waals surface area contributed by atoms with Crippen molar-refractivity contribution in [3.05, 3.63) is 29.3 Å². The van der Waals surface area contributed by atoms with Crippen LogP contribution in [0, 0.1) is 17.0 Å². The molecule has 11 heteroatoms. The summed E-state index contributed by atoms with van der Waals surface area (Å²) in [7, 11) is -2.96. The molecule has 3 aliphatic rings. The van der Waals surface area contributed by atoms with Gasteiger partial charge in [-0.05, 0) is 43.9 Å². The van der Waals surface area contributed by atoms with Gasteiger partial charge in [-0.25, -0.2) is 22.0 Å². The summed E-state index contributed by atoms with van der Waals surface area (Å²) in [6, 6.07) is 2.03. The van der Waals surface area contributed by atoms with Crippen LogP contribution in [0.3, 0.4) is 0 Å². The van der Waals surface area contributed by atoms with Gasteiger partial charge in [-0.1, -0.05) is 0 Å². The maximum atomic E-state index is 14.9. The summed E-state index contributed by atoms with van der Waals surface area (Å²) in [5.74, 6) is -2.23. The van der Waals surface area contributed by atoms with E-state index in [-0.39, 0.29) is 53.3 Å². The van der Waals surface area contributed by atoms with E-state index in [0.717, 1.165) is 0 Å². The summed E-state index contributed by atoms with van der Waals surface area (Å²) < 4.78 is 57.7. The van der Waals surface area contributed by atoms with Gasteiger partial charge in [-0.3, -0.25) is 4.79 Å². The molecule has 2 atom stereocenters. The number of benzene rings is 1. The van der Waals surface area contributed by atoms with Gasteiger partial charge in [0, 0.05) is 31.1 Å². The number of carbonyl (C=O) groups excluding carboxylic acids is 2. The van der Waals surface area contributed by atoms with Crippen LogP contribution >= 0.6 is 0 Å². The van der Waals surface area contributed by atoms with E-state index in [0.29, 0.717) is 32.4 Å². The molecule has 1 spiro atoms. The van der Waals surface area contributed by atoms with E-state index in [2.05, 4.69) is 10.6 Å². The molecule has 3 heterocycles. The molecule has 8 nitrogen and oxygen atoms in total. The zero-order valence-electron chi connectivity index (χ0n) is 17.8. The van der Waals surface area contributed by atoms with Crippen LogP contribution in [0.15, 0.2) is 12.1 Å². The molecule has 0 aromatic heterocycles. The number of hydrogen-bond donors (Lipinski definition) is 2. The van der Waals surface area contributed by atoms with Crippen molar-refractivity contribution in [2.24, 2.45) is 5.41 Å². The Labute approximate surface area is 185 Å². The molecular weight excluding hydrogens is 444 g/mol. The van der Waals surface area contributed by atoms with E-state index in [1.165, 1.54) is 12.1 Å². The van der Waals surface area contributed by atoms with Gasteiger partial charge in [0.05, 0.1) is 24.0 Å². The van der Waals surface area contributed by atoms with E-state index in [9.17, 15) is 26.8 Å². The highest BCUT2D eigenvalue weighted by Crippen LogP contribution is 2.44. The van der Waals surface area contributed by atoms with Gasteiger partial charge in [0.25, 0.3) is 0 Å². The lowest BCUT2D eigenvalue weighted by molar-refractivity contribution is -0.120. The summed E-state index contributed by atoms with van der Waals surface area (Å²) >= 11 is 0. The lowest BCUT2D eigenvalue weighted by Gasteiger charge is -2.47. The highest BCUT2D eigenvalue weighted by atomic mass is 32.2. The third-order valence-corrected chi connectivity index (χ3v) is 8.69. The quantitative estimate of drug-likeness (QED) is 0.677. The van der Waals surface area contributed by atoms with Crippen molar-refractivity contribution in [2.75, 3.05) is 42.6 Å². The van der Waals surface area contributed by atoms with Crippen molar-refractivity contribution in [3.8, 4) is 0 Å². The maximum Gasteiger partial charge on any atom is 0.407 e. The van der Waals surface area contributed by atoms with Gasteiger partial charge >= 0.3 is 6.09 Å². The molecule has 1 unspecified atom stereocenters. The zero-order chi connectivity index (χ0) is 23.1. The summed E-state index contributed by atoms with van der Waals surface area (Å²) in [6.45, 7) is 2.84. The fraction of sp³-hybridized carbons (Fsp3) is 0.619. The van der Waals surface area contributed by atoms with Crippen LogP contribution in [-0.4, -0.2) is 64.2 Å². The standard InChI is InChI=1S/C21H27F2N3O5S/c1-2-31-20(28)24-10-14-9-15(19(27)25-14)13-7-16(22)18(17(23)8-13)26-5-3-21(4-6-26)11-32(29,30)12-21/h7-8,14-15H,2-6,9-12H2,1H3,(H,24,28)(H,25,27)/t14?,15-/m0/s1. The lowest BCUT2D eigenvalue weighted by Crippen LogP contribution is -2.54. The number of rotatable bonds is 5. The van der Waals surface area contributed by atoms with Crippen LogP contribution in [0.1, 0.15) is 37.7 Å². The van der Waals surface area contributed by atoms with Gasteiger partial charge in [-0.15, -0.1) is 0 Å². The third kappa shape index (κ3) is 4.53. The smallest absolute Gasteiger partial charge is 0.407 e. The molecular formula is C21H27F2N3O5S. The Morgan fingerprint density at radius 1 is 1.25 bits per heavy atom. The molecule has 1 aromatic rings. The van der Waals surface area contributed by atoms with Crippen molar-refractivity contribution in [1.29, 1.82) is 0 Å². The fourth-order valence-corrected chi connectivity index (χ4v) is 7.39. The second-order valence-electron chi connectivity index (χ2n) is 8.95. The topological polar surface area (TPSA) is 105 Å². The van der Waals surface area contributed by atoms with Crippen molar-refractivity contribution >= 4 is 27.5 Å². The van der Waals surface area contributed by atoms with Gasteiger partial charge in [0.1, 0.15) is 17.3 Å². The van der Waals surface area contributed by atoms with Crippen molar-refractivity contribution in [1.82, 2.24) is 10.6 Å². The van der Waals surface area contributed by atoms with Crippen LogP contribution < -0.4 is 15.5 Å². The Kier molecular flexibility index (Phi) is 6.04. The Morgan fingerprint density at radius 2 is 1.88 bits per heavy atom. The minimum absolute atomic E-state index is 0.135. The second-order valence-corrected chi connectivity index (χ2v) is 11.0. The predicted octanol–water partition coefficient (Wildman–Crippen LogP) is 1.70. The normalized spacial score (nSPS) is 25.8. The fourth-order valence-electron chi connectivity index (χ4n) is 5.04. The predicted molar refractivity (Wildman–Crippen MR) is 113 cm³/mol. The first-order valence-electron chi connectivity index (χ1n) is 10.8. The highest BCUT2D eigenvalue weighted by Gasteiger charge is 2.50. The number of amides is 2. The van der Waals surface area contributed by atoms with Gasteiger partial charge in [0.15, 0.2) is 9.84 Å². The van der Waals surface area contributed by atoms with E-state index in [1.807, 2.05) is 0 Å². The number of alkyl carbamates (subject to hydrolysis) is 1. The number of piperidine rings is 1. The summed E-state index contributed by atoms with van der Waals surface area (Å²) in [6.07, 6.45) is 0.860. The number of anilines is 1. The largest absolute Gasteiger partial charge is 0.450 e. The average Bonchev–Trinajstić information content (AvgIpc) is 3.07. The molecule has 0 aliphatic carbocycles. The molecule has 176 valence electrons. The number of sulfone groups is 1. The molecule has 3 fully saturated rings. The summed E-state index contributed by atoms with van der Waals surface area (Å²) in [5.41, 5.74) is -0.139. The summed E-state index contributed by atoms with van der Waals surface area (Å²) in [5, 5.41) is 5.28. The molecule has 4 rings (SSSR count). The Bertz CT molecular complexity index is 987. The van der Waals surface area contributed by atoms with Gasteiger partial charge in [0.2, 0.25) is 5.91 Å². The van der Waals surface area contributed by atoms with Crippen LogP contribution in [0.4, 0.5) is 19.3 Å².